The van der Waals surface area contributed by atoms with Gasteiger partial charge in [-0.3, -0.25) is 9.79 Å². The number of benzene rings is 1. The van der Waals surface area contributed by atoms with Crippen LogP contribution in [0.2, 0.25) is 0 Å². The second kappa shape index (κ2) is 6.34. The molecule has 6 nitrogen and oxygen atoms in total. The van der Waals surface area contributed by atoms with E-state index in [9.17, 15) is 4.79 Å². The Kier molecular flexibility index (Phi) is 4.04. The van der Waals surface area contributed by atoms with E-state index in [2.05, 4.69) is 16.4 Å². The minimum absolute atomic E-state index is 0.131. The Balaban J connectivity index is 1.34. The van der Waals surface area contributed by atoms with Gasteiger partial charge in [-0.1, -0.05) is 18.2 Å². The third-order valence-corrected chi connectivity index (χ3v) is 5.03. The third kappa shape index (κ3) is 3.18. The van der Waals surface area contributed by atoms with Gasteiger partial charge in [0.15, 0.2) is 5.96 Å². The molecule has 0 radical (unpaired) electrons. The van der Waals surface area contributed by atoms with Gasteiger partial charge < -0.3 is 20.7 Å². The lowest BCUT2D eigenvalue weighted by Gasteiger charge is -2.27. The van der Waals surface area contributed by atoms with Crippen LogP contribution in [0, 0.1) is 5.92 Å². The maximum Gasteiger partial charge on any atom is 0.223 e. The summed E-state index contributed by atoms with van der Waals surface area (Å²) < 4.78 is 5.66. The van der Waals surface area contributed by atoms with Crippen molar-refractivity contribution in [2.45, 2.75) is 37.8 Å². The van der Waals surface area contributed by atoms with Gasteiger partial charge in [0.2, 0.25) is 5.91 Å². The molecular formula is C18H24N4O2. The predicted octanol–water partition coefficient (Wildman–Crippen LogP) is 1.43. The van der Waals surface area contributed by atoms with Crippen LogP contribution < -0.4 is 15.8 Å². The fourth-order valence-electron chi connectivity index (χ4n) is 3.61. The van der Waals surface area contributed by atoms with Gasteiger partial charge in [-0.15, -0.1) is 0 Å². The minimum Gasteiger partial charge on any atom is -0.493 e. The highest BCUT2D eigenvalue weighted by Gasteiger charge is 2.39. The van der Waals surface area contributed by atoms with Crippen LogP contribution in [0.4, 0.5) is 0 Å². The summed E-state index contributed by atoms with van der Waals surface area (Å²) in [5.41, 5.74) is 7.20. The number of para-hydroxylation sites is 1. The molecule has 1 amide bonds. The molecule has 1 saturated heterocycles. The molecule has 0 spiro atoms. The summed E-state index contributed by atoms with van der Waals surface area (Å²) in [5, 5.41) is 3.31. The number of amides is 1. The van der Waals surface area contributed by atoms with E-state index < -0.39 is 0 Å². The van der Waals surface area contributed by atoms with Crippen molar-refractivity contribution in [3.63, 3.8) is 0 Å². The number of hydrogen-bond donors (Lipinski definition) is 2. The molecule has 3 aliphatic rings. The predicted molar refractivity (Wildman–Crippen MR) is 91.8 cm³/mol. The molecule has 4 rings (SSSR count). The van der Waals surface area contributed by atoms with Gasteiger partial charge in [-0.2, -0.15) is 0 Å². The fraction of sp³-hybridized carbons (Fsp3) is 0.556. The lowest BCUT2D eigenvalue weighted by Crippen LogP contribution is -2.37. The minimum atomic E-state index is 0.131. The van der Waals surface area contributed by atoms with Crippen LogP contribution in [0.15, 0.2) is 29.3 Å². The van der Waals surface area contributed by atoms with Crippen molar-refractivity contribution in [2.75, 3.05) is 19.7 Å². The second-order valence-corrected chi connectivity index (χ2v) is 6.95. The van der Waals surface area contributed by atoms with Crippen LogP contribution in [-0.2, 0) is 4.79 Å². The first-order chi connectivity index (χ1) is 11.7. The van der Waals surface area contributed by atoms with Crippen molar-refractivity contribution in [1.82, 2.24) is 10.2 Å². The number of carbonyl (C=O) groups is 1. The Morgan fingerprint density at radius 3 is 3.00 bits per heavy atom. The molecule has 24 heavy (non-hydrogen) atoms. The van der Waals surface area contributed by atoms with Crippen molar-refractivity contribution in [3.8, 4) is 5.75 Å². The Labute approximate surface area is 142 Å². The highest BCUT2D eigenvalue weighted by atomic mass is 16.5. The first-order valence-electron chi connectivity index (χ1n) is 8.78. The van der Waals surface area contributed by atoms with Gasteiger partial charge >= 0.3 is 0 Å². The summed E-state index contributed by atoms with van der Waals surface area (Å²) in [6, 6.07) is 8.65. The maximum absolute atomic E-state index is 12.0. The summed E-state index contributed by atoms with van der Waals surface area (Å²) in [6.07, 6.45) is 3.79. The molecular weight excluding hydrogens is 304 g/mol. The standard InChI is InChI=1S/C18H24N4O2/c19-18(20-10-12-9-17(23)22(11-12)13-5-6-13)21-15-7-8-24-16-4-2-1-3-14(15)16/h1-4,12-13,15H,5-11H2,(H3,19,20,21). The normalized spacial score (nSPS) is 26.9. The van der Waals surface area contributed by atoms with Crippen LogP contribution in [0.3, 0.4) is 0 Å². The van der Waals surface area contributed by atoms with Crippen LogP contribution in [0.5, 0.6) is 5.75 Å². The summed E-state index contributed by atoms with van der Waals surface area (Å²) in [5.74, 6) is 1.94. The average Bonchev–Trinajstić information content (AvgIpc) is 3.36. The molecule has 0 bridgehead atoms. The zero-order valence-electron chi connectivity index (χ0n) is 13.8. The molecule has 2 unspecified atom stereocenters. The largest absolute Gasteiger partial charge is 0.493 e. The number of nitrogens with zero attached hydrogens (tertiary/aromatic N) is 2. The van der Waals surface area contributed by atoms with E-state index in [0.717, 1.165) is 37.1 Å². The number of aliphatic imine (C=N–C) groups is 1. The lowest BCUT2D eigenvalue weighted by molar-refractivity contribution is -0.128. The van der Waals surface area contributed by atoms with Crippen LogP contribution >= 0.6 is 0 Å². The van der Waals surface area contributed by atoms with E-state index in [0.29, 0.717) is 37.5 Å². The average molecular weight is 328 g/mol. The molecule has 3 N–H and O–H groups in total. The van der Waals surface area contributed by atoms with Crippen LogP contribution in [0.25, 0.3) is 0 Å². The number of nitrogens with two attached hydrogens (primary N) is 1. The van der Waals surface area contributed by atoms with Crippen LogP contribution in [-0.4, -0.2) is 42.5 Å². The third-order valence-electron chi connectivity index (χ3n) is 5.03. The number of fused-ring (bicyclic) bond motifs is 1. The molecule has 2 aliphatic heterocycles. The summed E-state index contributed by atoms with van der Waals surface area (Å²) in [4.78, 5) is 18.5. The Bertz CT molecular complexity index is 656. The van der Waals surface area contributed by atoms with Crippen molar-refractivity contribution in [3.05, 3.63) is 29.8 Å². The molecule has 2 heterocycles. The van der Waals surface area contributed by atoms with E-state index in [1.54, 1.807) is 0 Å². The van der Waals surface area contributed by atoms with E-state index in [4.69, 9.17) is 10.5 Å². The number of nitrogens with one attached hydrogen (secondary N) is 1. The first-order valence-corrected chi connectivity index (χ1v) is 8.78. The van der Waals surface area contributed by atoms with E-state index in [1.807, 2.05) is 23.1 Å². The second-order valence-electron chi connectivity index (χ2n) is 6.95. The SMILES string of the molecule is NC(=NCC1CC(=O)N(C2CC2)C1)NC1CCOc2ccccc21. The van der Waals surface area contributed by atoms with Crippen molar-refractivity contribution >= 4 is 11.9 Å². The van der Waals surface area contributed by atoms with Gasteiger partial charge in [0.25, 0.3) is 0 Å². The first kappa shape index (κ1) is 15.3. The zero-order valence-corrected chi connectivity index (χ0v) is 13.8. The van der Waals surface area contributed by atoms with Crippen molar-refractivity contribution in [2.24, 2.45) is 16.6 Å². The van der Waals surface area contributed by atoms with Crippen molar-refractivity contribution in [1.29, 1.82) is 0 Å². The Morgan fingerprint density at radius 1 is 1.33 bits per heavy atom. The molecule has 1 aromatic carbocycles. The molecule has 0 aromatic heterocycles. The quantitative estimate of drug-likeness (QED) is 0.647. The van der Waals surface area contributed by atoms with Gasteiger partial charge in [0, 0.05) is 43.5 Å². The number of guanidine groups is 1. The summed E-state index contributed by atoms with van der Waals surface area (Å²) >= 11 is 0. The topological polar surface area (TPSA) is 80.0 Å². The van der Waals surface area contributed by atoms with E-state index >= 15 is 0 Å². The molecule has 2 fully saturated rings. The molecule has 1 aromatic rings. The molecule has 1 aliphatic carbocycles. The van der Waals surface area contributed by atoms with Gasteiger partial charge in [-0.25, -0.2) is 0 Å². The zero-order chi connectivity index (χ0) is 16.5. The molecule has 1 saturated carbocycles. The molecule has 2 atom stereocenters. The smallest absolute Gasteiger partial charge is 0.223 e. The lowest BCUT2D eigenvalue weighted by atomic mass is 10.0. The molecule has 6 heteroatoms. The number of carbonyl (C=O) groups excluding carboxylic acids is 1. The van der Waals surface area contributed by atoms with Gasteiger partial charge in [0.1, 0.15) is 5.75 Å². The summed E-state index contributed by atoms with van der Waals surface area (Å²) in [7, 11) is 0. The van der Waals surface area contributed by atoms with Crippen LogP contribution in [0.1, 0.15) is 37.3 Å². The Hall–Kier alpha value is -2.24. The van der Waals surface area contributed by atoms with Gasteiger partial charge in [-0.05, 0) is 18.9 Å². The van der Waals surface area contributed by atoms with Gasteiger partial charge in [0.05, 0.1) is 12.6 Å². The number of likely N-dealkylation sites (tertiary alicyclic amines) is 1. The monoisotopic (exact) mass is 328 g/mol. The Morgan fingerprint density at radius 2 is 2.17 bits per heavy atom. The van der Waals surface area contributed by atoms with Crippen molar-refractivity contribution < 1.29 is 9.53 Å². The summed E-state index contributed by atoms with van der Waals surface area (Å²) in [6.45, 7) is 2.12. The molecule has 128 valence electrons. The highest BCUT2D eigenvalue weighted by molar-refractivity contribution is 5.80. The number of hydrogen-bond acceptors (Lipinski definition) is 3. The fourth-order valence-corrected chi connectivity index (χ4v) is 3.61. The van der Waals surface area contributed by atoms with E-state index in [1.165, 1.54) is 0 Å². The maximum atomic E-state index is 12.0. The number of rotatable bonds is 4. The highest BCUT2D eigenvalue weighted by Crippen LogP contribution is 2.33. The van der Waals surface area contributed by atoms with E-state index in [-0.39, 0.29) is 11.9 Å². The number of ether oxygens (including phenoxy) is 1.